The highest BCUT2D eigenvalue weighted by Gasteiger charge is 2.26. The lowest BCUT2D eigenvalue weighted by Gasteiger charge is -2.28. The highest BCUT2D eigenvalue weighted by atomic mass is 32.2. The minimum atomic E-state index is -3.24. The molecule has 1 aliphatic heterocycles. The van der Waals surface area contributed by atoms with E-state index in [1.165, 1.54) is 16.0 Å². The van der Waals surface area contributed by atoms with Gasteiger partial charge in [0.2, 0.25) is 0 Å². The number of nitrogens with one attached hydrogen (secondary N) is 1. The number of hydrogen-bond acceptors (Lipinski definition) is 6. The molecule has 0 radical (unpaired) electrons. The quantitative estimate of drug-likeness (QED) is 0.925. The molecular formula is C14H16N2O2S3. The third-order valence-corrected chi connectivity index (χ3v) is 6.71. The van der Waals surface area contributed by atoms with Crippen molar-refractivity contribution in [2.75, 3.05) is 11.6 Å². The molecule has 3 heterocycles. The van der Waals surface area contributed by atoms with Crippen molar-refractivity contribution in [2.45, 2.75) is 33.9 Å². The van der Waals surface area contributed by atoms with Crippen LogP contribution in [0.1, 0.15) is 24.9 Å². The zero-order chi connectivity index (χ0) is 15.0. The summed E-state index contributed by atoms with van der Waals surface area (Å²) in [5.41, 5.74) is 2.18. The maximum atomic E-state index is 11.4. The second-order valence-electron chi connectivity index (χ2n) is 5.18. The molecule has 0 bridgehead atoms. The van der Waals surface area contributed by atoms with Gasteiger partial charge in [0.05, 0.1) is 22.1 Å². The van der Waals surface area contributed by atoms with Gasteiger partial charge in [-0.05, 0) is 35.6 Å². The van der Waals surface area contributed by atoms with Gasteiger partial charge in [0, 0.05) is 11.5 Å². The second-order valence-corrected chi connectivity index (χ2v) is 9.77. The maximum absolute atomic E-state index is 11.4. The van der Waals surface area contributed by atoms with Crippen molar-refractivity contribution in [1.29, 1.82) is 0 Å². The van der Waals surface area contributed by atoms with E-state index in [0.717, 1.165) is 12.1 Å². The SMILES string of the molecule is C[C@H]1CC(Nc2ccc(S(C)(=O)=O)nc2)c2ccsc2S1. The van der Waals surface area contributed by atoms with Gasteiger partial charge in [-0.25, -0.2) is 13.4 Å². The Kier molecular flexibility index (Phi) is 3.98. The summed E-state index contributed by atoms with van der Waals surface area (Å²) in [6.07, 6.45) is 3.80. The van der Waals surface area contributed by atoms with Crippen LogP contribution in [0.25, 0.3) is 0 Å². The van der Waals surface area contributed by atoms with Crippen molar-refractivity contribution >= 4 is 38.6 Å². The topological polar surface area (TPSA) is 59.1 Å². The van der Waals surface area contributed by atoms with Gasteiger partial charge in [0.25, 0.3) is 0 Å². The normalized spacial score (nSPS) is 21.8. The molecule has 3 rings (SSSR count). The number of hydrogen-bond donors (Lipinski definition) is 1. The van der Waals surface area contributed by atoms with Gasteiger partial charge in [-0.3, -0.25) is 0 Å². The van der Waals surface area contributed by atoms with E-state index >= 15 is 0 Å². The monoisotopic (exact) mass is 340 g/mol. The van der Waals surface area contributed by atoms with E-state index in [0.29, 0.717) is 5.25 Å². The first-order valence-corrected chi connectivity index (χ1v) is 10.3. The Bertz CT molecular complexity index is 738. The summed E-state index contributed by atoms with van der Waals surface area (Å²) in [5, 5.41) is 6.26. The van der Waals surface area contributed by atoms with Crippen LogP contribution < -0.4 is 5.32 Å². The summed E-state index contributed by atoms with van der Waals surface area (Å²) in [6.45, 7) is 2.23. The minimum Gasteiger partial charge on any atom is -0.377 e. The third-order valence-electron chi connectivity index (χ3n) is 3.37. The summed E-state index contributed by atoms with van der Waals surface area (Å²) < 4.78 is 24.2. The Balaban J connectivity index is 1.82. The molecule has 2 aromatic heterocycles. The molecule has 112 valence electrons. The number of nitrogens with zero attached hydrogens (tertiary/aromatic N) is 1. The van der Waals surface area contributed by atoms with Gasteiger partial charge < -0.3 is 5.32 Å². The van der Waals surface area contributed by atoms with Crippen molar-refractivity contribution in [2.24, 2.45) is 0 Å². The smallest absolute Gasteiger partial charge is 0.192 e. The molecule has 0 aliphatic carbocycles. The Morgan fingerprint density at radius 3 is 2.81 bits per heavy atom. The molecule has 0 saturated carbocycles. The average Bonchev–Trinajstić information content (AvgIpc) is 2.86. The van der Waals surface area contributed by atoms with E-state index in [1.54, 1.807) is 29.7 Å². The van der Waals surface area contributed by atoms with Gasteiger partial charge in [-0.2, -0.15) is 0 Å². The summed E-state index contributed by atoms with van der Waals surface area (Å²) in [6, 6.07) is 5.75. The fraction of sp³-hybridized carbons (Fsp3) is 0.357. The predicted molar refractivity (Wildman–Crippen MR) is 88.0 cm³/mol. The number of fused-ring (bicyclic) bond motifs is 1. The van der Waals surface area contributed by atoms with Crippen LogP contribution in [0.2, 0.25) is 0 Å². The second kappa shape index (κ2) is 5.62. The highest BCUT2D eigenvalue weighted by Crippen LogP contribution is 2.44. The molecule has 1 N–H and O–H groups in total. The molecule has 2 atom stereocenters. The molecule has 0 amide bonds. The van der Waals surface area contributed by atoms with Crippen LogP contribution in [0.5, 0.6) is 0 Å². The number of aromatic nitrogens is 1. The van der Waals surface area contributed by atoms with Gasteiger partial charge >= 0.3 is 0 Å². The summed E-state index contributed by atoms with van der Waals surface area (Å²) in [5.74, 6) is 0. The lowest BCUT2D eigenvalue weighted by molar-refractivity contribution is 0.598. The van der Waals surface area contributed by atoms with E-state index in [-0.39, 0.29) is 11.1 Å². The molecule has 1 aliphatic rings. The van der Waals surface area contributed by atoms with Crippen molar-refractivity contribution in [1.82, 2.24) is 4.98 Å². The number of sulfone groups is 1. The van der Waals surface area contributed by atoms with Crippen LogP contribution in [0, 0.1) is 0 Å². The Morgan fingerprint density at radius 1 is 1.33 bits per heavy atom. The lowest BCUT2D eigenvalue weighted by atomic mass is 10.0. The molecule has 0 aromatic carbocycles. The number of thioether (sulfide) groups is 1. The fourth-order valence-corrected chi connectivity index (χ4v) is 5.50. The van der Waals surface area contributed by atoms with Crippen LogP contribution in [-0.2, 0) is 9.84 Å². The minimum absolute atomic E-state index is 0.108. The van der Waals surface area contributed by atoms with Gasteiger partial charge in [-0.15, -0.1) is 23.1 Å². The number of anilines is 1. The van der Waals surface area contributed by atoms with Crippen molar-refractivity contribution in [3.63, 3.8) is 0 Å². The summed E-state index contributed by atoms with van der Waals surface area (Å²) in [7, 11) is -3.24. The fourth-order valence-electron chi connectivity index (χ4n) is 2.37. The molecule has 4 nitrogen and oxygen atoms in total. The number of thiophene rings is 1. The zero-order valence-corrected chi connectivity index (χ0v) is 14.2. The molecule has 0 saturated heterocycles. The molecule has 0 fully saturated rings. The Hall–Kier alpha value is -1.05. The molecule has 7 heteroatoms. The van der Waals surface area contributed by atoms with Crippen LogP contribution in [0.3, 0.4) is 0 Å². The van der Waals surface area contributed by atoms with Crippen molar-refractivity contribution < 1.29 is 8.42 Å². The van der Waals surface area contributed by atoms with Gasteiger partial charge in [0.15, 0.2) is 14.9 Å². The highest BCUT2D eigenvalue weighted by molar-refractivity contribution is 8.01. The average molecular weight is 340 g/mol. The van der Waals surface area contributed by atoms with E-state index in [1.807, 2.05) is 11.8 Å². The van der Waals surface area contributed by atoms with Gasteiger partial charge in [0.1, 0.15) is 0 Å². The maximum Gasteiger partial charge on any atom is 0.192 e. The number of pyridine rings is 1. The molecular weight excluding hydrogens is 324 g/mol. The predicted octanol–water partition coefficient (Wildman–Crippen LogP) is 3.58. The first kappa shape index (κ1) is 14.9. The van der Waals surface area contributed by atoms with E-state index in [4.69, 9.17) is 0 Å². The van der Waals surface area contributed by atoms with E-state index < -0.39 is 9.84 Å². The molecule has 0 spiro atoms. The van der Waals surface area contributed by atoms with Crippen LogP contribution in [0.15, 0.2) is 39.0 Å². The summed E-state index contributed by atoms with van der Waals surface area (Å²) >= 11 is 3.70. The largest absolute Gasteiger partial charge is 0.377 e. The molecule has 1 unspecified atom stereocenters. The third kappa shape index (κ3) is 3.25. The standard InChI is InChI=1S/C14H16N2O2S3/c1-9-7-12(11-5-6-19-14(11)20-9)16-10-3-4-13(15-8-10)21(2,17)18/h3-6,8-9,12,16H,7H2,1-2H3/t9-,12?/m0/s1. The van der Waals surface area contributed by atoms with Crippen molar-refractivity contribution in [3.8, 4) is 0 Å². The molecule has 2 aromatic rings. The van der Waals surface area contributed by atoms with E-state index in [9.17, 15) is 8.42 Å². The lowest BCUT2D eigenvalue weighted by Crippen LogP contribution is -2.19. The first-order valence-electron chi connectivity index (χ1n) is 6.60. The van der Waals surface area contributed by atoms with Crippen molar-refractivity contribution in [3.05, 3.63) is 35.3 Å². The number of rotatable bonds is 3. The Morgan fingerprint density at radius 2 is 2.14 bits per heavy atom. The summed E-state index contributed by atoms with van der Waals surface area (Å²) in [4.78, 5) is 4.03. The first-order chi connectivity index (χ1) is 9.93. The van der Waals surface area contributed by atoms with Gasteiger partial charge in [-0.1, -0.05) is 6.92 Å². The van der Waals surface area contributed by atoms with Crippen LogP contribution in [0.4, 0.5) is 5.69 Å². The molecule has 21 heavy (non-hydrogen) atoms. The van der Waals surface area contributed by atoms with Crippen LogP contribution >= 0.6 is 23.1 Å². The van der Waals surface area contributed by atoms with Crippen LogP contribution in [-0.4, -0.2) is 24.9 Å². The van der Waals surface area contributed by atoms with E-state index in [2.05, 4.69) is 28.7 Å². The zero-order valence-electron chi connectivity index (χ0n) is 11.7. The Labute approximate surface area is 132 Å².